The Bertz CT molecular complexity index is 710. The van der Waals surface area contributed by atoms with Crippen LogP contribution in [0.15, 0.2) is 42.9 Å². The van der Waals surface area contributed by atoms with Crippen molar-refractivity contribution in [2.45, 2.75) is 6.92 Å². The highest BCUT2D eigenvalue weighted by molar-refractivity contribution is 7.18. The van der Waals surface area contributed by atoms with E-state index in [0.29, 0.717) is 5.15 Å². The summed E-state index contributed by atoms with van der Waals surface area (Å²) in [6, 6.07) is 7.72. The SMILES string of the molecule is Cc1nc(-c2cccnc2)sc1-c1ccnc(Cl)c1. The predicted molar refractivity (Wildman–Crippen MR) is 78.3 cm³/mol. The molecule has 3 heterocycles. The molecule has 5 heteroatoms. The van der Waals surface area contributed by atoms with Crippen molar-refractivity contribution in [3.05, 3.63) is 53.7 Å². The van der Waals surface area contributed by atoms with Crippen LogP contribution in [0.25, 0.3) is 21.0 Å². The zero-order valence-corrected chi connectivity index (χ0v) is 11.7. The van der Waals surface area contributed by atoms with Crippen LogP contribution in [-0.4, -0.2) is 15.0 Å². The van der Waals surface area contributed by atoms with Gasteiger partial charge in [-0.05, 0) is 36.8 Å². The fraction of sp³-hybridized carbons (Fsp3) is 0.0714. The van der Waals surface area contributed by atoms with Gasteiger partial charge >= 0.3 is 0 Å². The first kappa shape index (κ1) is 12.3. The molecule has 0 N–H and O–H groups in total. The van der Waals surface area contributed by atoms with E-state index in [2.05, 4.69) is 15.0 Å². The first-order chi connectivity index (χ1) is 9.24. The molecule has 0 aliphatic rings. The lowest BCUT2D eigenvalue weighted by Crippen LogP contribution is -1.80. The Morgan fingerprint density at radius 2 is 2.05 bits per heavy atom. The molecule has 19 heavy (non-hydrogen) atoms. The van der Waals surface area contributed by atoms with Gasteiger partial charge in [0.05, 0.1) is 10.6 Å². The Morgan fingerprint density at radius 1 is 1.16 bits per heavy atom. The second-order valence-corrected chi connectivity index (χ2v) is 5.43. The molecule has 0 saturated heterocycles. The second-order valence-electron chi connectivity index (χ2n) is 4.04. The summed E-state index contributed by atoms with van der Waals surface area (Å²) in [7, 11) is 0. The molecule has 0 aromatic carbocycles. The van der Waals surface area contributed by atoms with Crippen molar-refractivity contribution in [2.24, 2.45) is 0 Å². The van der Waals surface area contributed by atoms with Crippen molar-refractivity contribution in [3.8, 4) is 21.0 Å². The molecule has 94 valence electrons. The summed E-state index contributed by atoms with van der Waals surface area (Å²) in [4.78, 5) is 13.8. The number of thiazole rings is 1. The maximum absolute atomic E-state index is 5.93. The van der Waals surface area contributed by atoms with E-state index in [9.17, 15) is 0 Å². The Kier molecular flexibility index (Phi) is 3.27. The molecule has 0 amide bonds. The number of pyridine rings is 2. The Hall–Kier alpha value is -1.78. The number of rotatable bonds is 2. The van der Waals surface area contributed by atoms with Crippen molar-refractivity contribution >= 4 is 22.9 Å². The van der Waals surface area contributed by atoms with Crippen LogP contribution in [0, 0.1) is 6.92 Å². The summed E-state index contributed by atoms with van der Waals surface area (Å²) in [6.45, 7) is 2.00. The van der Waals surface area contributed by atoms with Crippen LogP contribution in [0.2, 0.25) is 5.15 Å². The van der Waals surface area contributed by atoms with Gasteiger partial charge in [-0.1, -0.05) is 11.6 Å². The van der Waals surface area contributed by atoms with Crippen LogP contribution in [-0.2, 0) is 0 Å². The van der Waals surface area contributed by atoms with Gasteiger partial charge in [-0.3, -0.25) is 4.98 Å². The quantitative estimate of drug-likeness (QED) is 0.662. The minimum absolute atomic E-state index is 0.494. The summed E-state index contributed by atoms with van der Waals surface area (Å²) in [5.74, 6) is 0. The Morgan fingerprint density at radius 3 is 2.79 bits per heavy atom. The minimum Gasteiger partial charge on any atom is -0.264 e. The standard InChI is InChI=1S/C14H10ClN3S/c1-9-13(10-4-6-17-12(15)7-10)19-14(18-9)11-3-2-5-16-8-11/h2-8H,1H3. The monoisotopic (exact) mass is 287 g/mol. The van der Waals surface area contributed by atoms with Gasteiger partial charge in [0, 0.05) is 24.2 Å². The summed E-state index contributed by atoms with van der Waals surface area (Å²) in [5, 5.41) is 1.46. The van der Waals surface area contributed by atoms with E-state index in [0.717, 1.165) is 26.7 Å². The fourth-order valence-corrected chi connectivity index (χ4v) is 3.05. The van der Waals surface area contributed by atoms with Crippen LogP contribution in [0.5, 0.6) is 0 Å². The summed E-state index contributed by atoms with van der Waals surface area (Å²) < 4.78 is 0. The van der Waals surface area contributed by atoms with E-state index in [1.165, 1.54) is 0 Å². The molecule has 0 aliphatic heterocycles. The van der Waals surface area contributed by atoms with Gasteiger partial charge in [-0.2, -0.15) is 0 Å². The molecule has 3 aromatic heterocycles. The van der Waals surface area contributed by atoms with E-state index >= 15 is 0 Å². The smallest absolute Gasteiger partial charge is 0.129 e. The van der Waals surface area contributed by atoms with Gasteiger partial charge in [-0.25, -0.2) is 9.97 Å². The molecular weight excluding hydrogens is 278 g/mol. The molecule has 0 saturated carbocycles. The predicted octanol–water partition coefficient (Wildman–Crippen LogP) is 4.23. The van der Waals surface area contributed by atoms with Crippen molar-refractivity contribution in [1.29, 1.82) is 0 Å². The van der Waals surface area contributed by atoms with Gasteiger partial charge in [0.1, 0.15) is 10.2 Å². The molecule has 0 bridgehead atoms. The lowest BCUT2D eigenvalue weighted by molar-refractivity contribution is 1.25. The number of nitrogens with zero attached hydrogens (tertiary/aromatic N) is 3. The highest BCUT2D eigenvalue weighted by atomic mass is 35.5. The highest BCUT2D eigenvalue weighted by Crippen LogP contribution is 2.35. The molecule has 3 aromatic rings. The third-order valence-electron chi connectivity index (χ3n) is 2.69. The van der Waals surface area contributed by atoms with Crippen LogP contribution in [0.4, 0.5) is 0 Å². The molecule has 3 rings (SSSR count). The van der Waals surface area contributed by atoms with Gasteiger partial charge in [0.25, 0.3) is 0 Å². The van der Waals surface area contributed by atoms with Gasteiger partial charge in [-0.15, -0.1) is 11.3 Å². The normalized spacial score (nSPS) is 10.6. The zero-order valence-electron chi connectivity index (χ0n) is 10.2. The second kappa shape index (κ2) is 5.07. The Labute approximate surface area is 120 Å². The first-order valence-corrected chi connectivity index (χ1v) is 6.93. The third-order valence-corrected chi connectivity index (χ3v) is 4.16. The minimum atomic E-state index is 0.494. The molecule has 3 nitrogen and oxygen atoms in total. The largest absolute Gasteiger partial charge is 0.264 e. The average Bonchev–Trinajstić information content (AvgIpc) is 2.82. The molecule has 0 unspecified atom stereocenters. The van der Waals surface area contributed by atoms with E-state index in [-0.39, 0.29) is 0 Å². The Balaban J connectivity index is 2.08. The maximum atomic E-state index is 5.93. The van der Waals surface area contributed by atoms with Crippen LogP contribution < -0.4 is 0 Å². The van der Waals surface area contributed by atoms with Crippen molar-refractivity contribution in [1.82, 2.24) is 15.0 Å². The van der Waals surface area contributed by atoms with E-state index in [1.807, 2.05) is 37.4 Å². The van der Waals surface area contributed by atoms with Crippen LogP contribution >= 0.6 is 22.9 Å². The van der Waals surface area contributed by atoms with E-state index < -0.39 is 0 Å². The van der Waals surface area contributed by atoms with Crippen LogP contribution in [0.1, 0.15) is 5.69 Å². The lowest BCUT2D eigenvalue weighted by Gasteiger charge is -1.98. The zero-order chi connectivity index (χ0) is 13.2. The first-order valence-electron chi connectivity index (χ1n) is 5.74. The van der Waals surface area contributed by atoms with Gasteiger partial charge < -0.3 is 0 Å². The molecule has 0 atom stereocenters. The third kappa shape index (κ3) is 2.50. The lowest BCUT2D eigenvalue weighted by atomic mass is 10.2. The number of aromatic nitrogens is 3. The molecule has 0 spiro atoms. The molecule has 0 aliphatic carbocycles. The van der Waals surface area contributed by atoms with E-state index in [1.54, 1.807) is 23.7 Å². The number of hydrogen-bond acceptors (Lipinski definition) is 4. The summed E-state index contributed by atoms with van der Waals surface area (Å²) in [5.41, 5.74) is 3.07. The van der Waals surface area contributed by atoms with Crippen molar-refractivity contribution in [2.75, 3.05) is 0 Å². The highest BCUT2D eigenvalue weighted by Gasteiger charge is 2.11. The van der Waals surface area contributed by atoms with Gasteiger partial charge in [0.15, 0.2) is 0 Å². The fourth-order valence-electron chi connectivity index (χ4n) is 1.82. The van der Waals surface area contributed by atoms with Crippen molar-refractivity contribution in [3.63, 3.8) is 0 Å². The summed E-state index contributed by atoms with van der Waals surface area (Å²) >= 11 is 7.57. The maximum Gasteiger partial charge on any atom is 0.129 e. The van der Waals surface area contributed by atoms with E-state index in [4.69, 9.17) is 11.6 Å². The number of hydrogen-bond donors (Lipinski definition) is 0. The average molecular weight is 288 g/mol. The topological polar surface area (TPSA) is 38.7 Å². The van der Waals surface area contributed by atoms with Crippen LogP contribution in [0.3, 0.4) is 0 Å². The number of aryl methyl sites for hydroxylation is 1. The number of halogens is 1. The van der Waals surface area contributed by atoms with Gasteiger partial charge in [0.2, 0.25) is 0 Å². The summed E-state index contributed by atoms with van der Waals surface area (Å²) in [6.07, 6.45) is 5.29. The molecule has 0 fully saturated rings. The molecule has 0 radical (unpaired) electrons. The van der Waals surface area contributed by atoms with Crippen molar-refractivity contribution < 1.29 is 0 Å². The molecular formula is C14H10ClN3S.